The third-order valence-electron chi connectivity index (χ3n) is 18.5. The molecule has 14 nitrogen and oxygen atoms in total. The van der Waals surface area contributed by atoms with Crippen LogP contribution in [0.4, 0.5) is 0 Å². The van der Waals surface area contributed by atoms with Crippen LogP contribution in [0.2, 0.25) is 0 Å². The van der Waals surface area contributed by atoms with E-state index in [0.29, 0.717) is 12.8 Å². The van der Waals surface area contributed by atoms with Crippen LogP contribution in [0.15, 0.2) is 85.1 Å². The van der Waals surface area contributed by atoms with Gasteiger partial charge in [-0.25, -0.2) is 0 Å². The number of carbonyl (C=O) groups excluding carboxylic acids is 1. The summed E-state index contributed by atoms with van der Waals surface area (Å²) in [5.74, 6) is -0.249. The lowest BCUT2D eigenvalue weighted by Gasteiger charge is -2.46. The molecule has 2 fully saturated rings. The Morgan fingerprint density at radius 2 is 0.745 bits per heavy atom. The fourth-order valence-corrected chi connectivity index (χ4v) is 12.4. The number of aliphatic hydroxyl groups excluding tert-OH is 8. The minimum absolute atomic E-state index is 0.249. The number of aliphatic hydroxyl groups is 8. The molecule has 0 aromatic carbocycles. The summed E-state index contributed by atoms with van der Waals surface area (Å²) in [6.07, 6.45) is 72.4. The highest BCUT2D eigenvalue weighted by Crippen LogP contribution is 2.30. The first-order chi connectivity index (χ1) is 46.1. The highest BCUT2D eigenvalue weighted by Gasteiger charge is 2.51. The molecule has 0 aliphatic carbocycles. The quantitative estimate of drug-likeness (QED) is 0.0204. The van der Waals surface area contributed by atoms with E-state index in [-0.39, 0.29) is 18.9 Å². The van der Waals surface area contributed by atoms with Gasteiger partial charge in [0.25, 0.3) is 0 Å². The molecular formula is C80H143NO13. The number of hydrogen-bond acceptors (Lipinski definition) is 13. The first-order valence-corrected chi connectivity index (χ1v) is 38.8. The molecule has 2 aliphatic rings. The Kier molecular flexibility index (Phi) is 59.0. The molecule has 2 rings (SSSR count). The number of unbranched alkanes of at least 4 members (excludes halogenated alkanes) is 39. The van der Waals surface area contributed by atoms with Crippen molar-refractivity contribution in [2.75, 3.05) is 19.8 Å². The van der Waals surface area contributed by atoms with Gasteiger partial charge in [0.1, 0.15) is 48.8 Å². The van der Waals surface area contributed by atoms with Crippen molar-refractivity contribution in [1.82, 2.24) is 5.32 Å². The van der Waals surface area contributed by atoms with Gasteiger partial charge in [0, 0.05) is 6.42 Å². The molecule has 12 atom stereocenters. The van der Waals surface area contributed by atoms with Crippen molar-refractivity contribution >= 4 is 5.91 Å². The predicted molar refractivity (Wildman–Crippen MR) is 387 cm³/mol. The standard InChI is InChI=1S/C80H143NO13/c1-3-5-7-9-11-13-15-17-19-21-23-25-27-28-29-30-31-32-33-34-35-36-37-38-39-40-42-44-46-48-50-52-54-56-58-60-62-64-72(85)81-68(67-91-79-77(90)75(88)78(71(66-83)93-79)94-80-76(89)74(87)73(86)70(65-82)92-80)69(84)63-61-59-57-55-53-51-49-47-45-43-41-26-24-22-20-18-16-14-12-10-8-6-4-2/h5,7,11,13,17,19,23,25,45,47,53,55,61,63,68-71,73-80,82-84,86-90H,3-4,6,8-10,12,14-16,18,20-22,24,26-44,46,48-52,54,56-60,62,64-67H2,1-2H3,(H,81,85)/b7-5-,13-11-,19-17-,25-23-,47-45+,55-53+,63-61+. The summed E-state index contributed by atoms with van der Waals surface area (Å²) >= 11 is 0. The van der Waals surface area contributed by atoms with Crippen LogP contribution in [0.25, 0.3) is 0 Å². The largest absolute Gasteiger partial charge is 0.394 e. The van der Waals surface area contributed by atoms with Gasteiger partial charge in [-0.3, -0.25) is 4.79 Å². The summed E-state index contributed by atoms with van der Waals surface area (Å²) < 4.78 is 22.9. The van der Waals surface area contributed by atoms with Crippen molar-refractivity contribution in [2.45, 2.75) is 396 Å². The number of carbonyl (C=O) groups is 1. The van der Waals surface area contributed by atoms with E-state index in [2.05, 4.69) is 92.1 Å². The average Bonchev–Trinajstić information content (AvgIpc) is 0.794. The molecule has 0 aromatic rings. The third-order valence-corrected chi connectivity index (χ3v) is 18.5. The number of nitrogens with one attached hydrogen (secondary N) is 1. The molecule has 0 spiro atoms. The van der Waals surface area contributed by atoms with Gasteiger partial charge < -0.3 is 65.1 Å². The van der Waals surface area contributed by atoms with Crippen LogP contribution in [0.5, 0.6) is 0 Å². The molecule has 0 radical (unpaired) electrons. The van der Waals surface area contributed by atoms with Crippen LogP contribution in [-0.2, 0) is 23.7 Å². The second-order valence-electron chi connectivity index (χ2n) is 27.1. The molecule has 546 valence electrons. The van der Waals surface area contributed by atoms with Crippen LogP contribution in [0.1, 0.15) is 322 Å². The van der Waals surface area contributed by atoms with E-state index < -0.39 is 86.8 Å². The highest BCUT2D eigenvalue weighted by atomic mass is 16.7. The molecular weight excluding hydrogens is 1180 g/mol. The minimum Gasteiger partial charge on any atom is -0.394 e. The summed E-state index contributed by atoms with van der Waals surface area (Å²) in [5.41, 5.74) is 0. The number of hydrogen-bond donors (Lipinski definition) is 9. The zero-order valence-electron chi connectivity index (χ0n) is 59.7. The monoisotopic (exact) mass is 1330 g/mol. The van der Waals surface area contributed by atoms with E-state index >= 15 is 0 Å². The molecule has 2 saturated heterocycles. The fraction of sp³-hybridized carbons (Fsp3) is 0.812. The Morgan fingerprint density at radius 1 is 0.394 bits per heavy atom. The van der Waals surface area contributed by atoms with E-state index in [0.717, 1.165) is 70.6 Å². The molecule has 94 heavy (non-hydrogen) atoms. The van der Waals surface area contributed by atoms with Gasteiger partial charge in [-0.15, -0.1) is 0 Å². The zero-order chi connectivity index (χ0) is 68.0. The molecule has 12 unspecified atom stereocenters. The van der Waals surface area contributed by atoms with E-state index in [1.807, 2.05) is 6.08 Å². The van der Waals surface area contributed by atoms with E-state index in [1.165, 1.54) is 218 Å². The van der Waals surface area contributed by atoms with E-state index in [4.69, 9.17) is 18.9 Å². The summed E-state index contributed by atoms with van der Waals surface area (Å²) in [5, 5.41) is 87.5. The Morgan fingerprint density at radius 3 is 1.17 bits per heavy atom. The number of amides is 1. The van der Waals surface area contributed by atoms with Gasteiger partial charge in [-0.1, -0.05) is 317 Å². The molecule has 2 aliphatic heterocycles. The molecule has 2 heterocycles. The predicted octanol–water partition coefficient (Wildman–Crippen LogP) is 17.1. The number of rotatable bonds is 64. The van der Waals surface area contributed by atoms with Gasteiger partial charge in [-0.05, 0) is 83.5 Å². The fourth-order valence-electron chi connectivity index (χ4n) is 12.4. The lowest BCUT2D eigenvalue weighted by Crippen LogP contribution is -2.65. The van der Waals surface area contributed by atoms with Gasteiger partial charge in [0.15, 0.2) is 12.6 Å². The maximum Gasteiger partial charge on any atom is 0.220 e. The molecule has 1 amide bonds. The van der Waals surface area contributed by atoms with Crippen LogP contribution >= 0.6 is 0 Å². The lowest BCUT2D eigenvalue weighted by molar-refractivity contribution is -0.359. The van der Waals surface area contributed by atoms with Crippen molar-refractivity contribution in [3.63, 3.8) is 0 Å². The Hall–Kier alpha value is -2.83. The smallest absolute Gasteiger partial charge is 0.220 e. The molecule has 14 heteroatoms. The Bertz CT molecular complexity index is 1900. The van der Waals surface area contributed by atoms with Crippen LogP contribution in [0.3, 0.4) is 0 Å². The van der Waals surface area contributed by atoms with Gasteiger partial charge in [0.05, 0.1) is 32.0 Å². The van der Waals surface area contributed by atoms with Crippen molar-refractivity contribution in [2.24, 2.45) is 0 Å². The maximum atomic E-state index is 13.4. The Labute approximate surface area is 573 Å². The molecule has 0 saturated carbocycles. The highest BCUT2D eigenvalue weighted by molar-refractivity contribution is 5.76. The zero-order valence-corrected chi connectivity index (χ0v) is 59.7. The number of allylic oxidation sites excluding steroid dienone is 13. The number of ether oxygens (including phenoxy) is 4. The molecule has 0 bridgehead atoms. The van der Waals surface area contributed by atoms with Gasteiger partial charge in [0.2, 0.25) is 5.91 Å². The summed E-state index contributed by atoms with van der Waals surface area (Å²) in [6, 6.07) is -0.941. The average molecular weight is 1330 g/mol. The van der Waals surface area contributed by atoms with Crippen LogP contribution in [-0.4, -0.2) is 140 Å². The molecule has 0 aromatic heterocycles. The van der Waals surface area contributed by atoms with Crippen molar-refractivity contribution in [3.8, 4) is 0 Å². The lowest BCUT2D eigenvalue weighted by atomic mass is 9.97. The topological polar surface area (TPSA) is 228 Å². The first-order valence-electron chi connectivity index (χ1n) is 38.8. The van der Waals surface area contributed by atoms with Gasteiger partial charge in [-0.2, -0.15) is 0 Å². The van der Waals surface area contributed by atoms with Crippen molar-refractivity contribution < 1.29 is 64.6 Å². The first kappa shape index (κ1) is 87.3. The normalized spacial score (nSPS) is 22.9. The maximum absolute atomic E-state index is 13.4. The van der Waals surface area contributed by atoms with Crippen molar-refractivity contribution in [1.29, 1.82) is 0 Å². The third kappa shape index (κ3) is 46.4. The summed E-state index contributed by atoms with van der Waals surface area (Å²) in [4.78, 5) is 13.4. The van der Waals surface area contributed by atoms with Crippen LogP contribution in [0, 0.1) is 0 Å². The van der Waals surface area contributed by atoms with E-state index in [1.54, 1.807) is 6.08 Å². The van der Waals surface area contributed by atoms with Gasteiger partial charge >= 0.3 is 0 Å². The molecule has 9 N–H and O–H groups in total. The van der Waals surface area contributed by atoms with Crippen molar-refractivity contribution in [3.05, 3.63) is 85.1 Å². The Balaban J connectivity index is 1.61. The SMILES string of the molecule is CC/C=C\C/C=C\C/C=C\C/C=C\CCCCCCCCCCCCCCCCCCCCCCCCCCC(=O)NC(COC1OC(CO)C(OC2OC(CO)C(O)C(O)C2O)C(O)C1O)C(O)/C=C/CC/C=C/CC/C=C/CCCCCCCCCCCCCCC. The second kappa shape index (κ2) is 63.6. The van der Waals surface area contributed by atoms with Crippen LogP contribution < -0.4 is 5.32 Å². The van der Waals surface area contributed by atoms with E-state index in [9.17, 15) is 45.6 Å². The minimum atomic E-state index is -1.80. The summed E-state index contributed by atoms with van der Waals surface area (Å²) in [7, 11) is 0. The second-order valence-corrected chi connectivity index (χ2v) is 27.1. The summed E-state index contributed by atoms with van der Waals surface area (Å²) in [6.45, 7) is 2.70.